The third-order valence-electron chi connectivity index (χ3n) is 2.53. The Morgan fingerprint density at radius 1 is 1.19 bits per heavy atom. The standard InChI is InChI=1S/C14H18N2/c1-10(2)14(16-8-7-15)13-6-5-11(3)12(4)9-13/h5-9,15H,1-4H3/b15-7?,16-8-. The van der Waals surface area contributed by atoms with Gasteiger partial charge in [-0.25, -0.2) is 0 Å². The van der Waals surface area contributed by atoms with E-state index in [9.17, 15) is 0 Å². The molecule has 1 aromatic rings. The number of rotatable bonds is 3. The number of nitrogens with zero attached hydrogens (tertiary/aromatic N) is 1. The number of aryl methyl sites for hydroxylation is 2. The second kappa shape index (κ2) is 5.40. The third-order valence-corrected chi connectivity index (χ3v) is 2.53. The smallest absolute Gasteiger partial charge is 0.0689 e. The van der Waals surface area contributed by atoms with Crippen LogP contribution in [0.4, 0.5) is 0 Å². The molecule has 0 radical (unpaired) electrons. The molecular formula is C14H18N2. The molecule has 0 bridgehead atoms. The molecule has 0 saturated carbocycles. The monoisotopic (exact) mass is 214 g/mol. The Labute approximate surface area is 97.2 Å². The van der Waals surface area contributed by atoms with Crippen molar-refractivity contribution in [2.75, 3.05) is 0 Å². The van der Waals surface area contributed by atoms with Crippen LogP contribution in [0.15, 0.2) is 28.8 Å². The Hall–Kier alpha value is -1.70. The summed E-state index contributed by atoms with van der Waals surface area (Å²) in [4.78, 5) is 4.29. The van der Waals surface area contributed by atoms with E-state index in [2.05, 4.69) is 37.0 Å². The van der Waals surface area contributed by atoms with Crippen LogP contribution in [0, 0.1) is 19.3 Å². The van der Waals surface area contributed by atoms with Crippen LogP contribution in [0.1, 0.15) is 30.5 Å². The maximum Gasteiger partial charge on any atom is 0.0689 e. The van der Waals surface area contributed by atoms with Crippen LogP contribution in [0.2, 0.25) is 0 Å². The van der Waals surface area contributed by atoms with Crippen molar-refractivity contribution in [3.8, 4) is 0 Å². The molecule has 0 amide bonds. The molecule has 84 valence electrons. The van der Waals surface area contributed by atoms with Crippen LogP contribution in [0.5, 0.6) is 0 Å². The van der Waals surface area contributed by atoms with Gasteiger partial charge in [-0.3, -0.25) is 4.99 Å². The van der Waals surface area contributed by atoms with E-state index < -0.39 is 0 Å². The lowest BCUT2D eigenvalue weighted by atomic mass is 10.0. The van der Waals surface area contributed by atoms with E-state index in [4.69, 9.17) is 5.41 Å². The van der Waals surface area contributed by atoms with E-state index in [1.165, 1.54) is 23.6 Å². The van der Waals surface area contributed by atoms with Gasteiger partial charge in [0.1, 0.15) is 0 Å². The molecular weight excluding hydrogens is 196 g/mol. The van der Waals surface area contributed by atoms with E-state index in [0.29, 0.717) is 0 Å². The molecule has 0 unspecified atom stereocenters. The van der Waals surface area contributed by atoms with Crippen molar-refractivity contribution >= 4 is 18.1 Å². The van der Waals surface area contributed by atoms with E-state index in [1.807, 2.05) is 13.8 Å². The van der Waals surface area contributed by atoms with E-state index >= 15 is 0 Å². The van der Waals surface area contributed by atoms with Crippen molar-refractivity contribution in [1.82, 2.24) is 0 Å². The summed E-state index contributed by atoms with van der Waals surface area (Å²) in [6, 6.07) is 6.32. The predicted octanol–water partition coefficient (Wildman–Crippen LogP) is 3.77. The number of aliphatic imine (C=N–C) groups is 1. The first-order valence-electron chi connectivity index (χ1n) is 5.34. The largest absolute Gasteiger partial charge is 0.307 e. The molecule has 0 saturated heterocycles. The van der Waals surface area contributed by atoms with Crippen LogP contribution >= 0.6 is 0 Å². The summed E-state index contributed by atoms with van der Waals surface area (Å²) in [5.41, 5.74) is 5.77. The van der Waals surface area contributed by atoms with Crippen molar-refractivity contribution < 1.29 is 0 Å². The number of hydrogen-bond donors (Lipinski definition) is 1. The van der Waals surface area contributed by atoms with Gasteiger partial charge in [-0.15, -0.1) is 0 Å². The van der Waals surface area contributed by atoms with Gasteiger partial charge in [-0.1, -0.05) is 17.7 Å². The molecule has 1 N–H and O–H groups in total. The van der Waals surface area contributed by atoms with Gasteiger partial charge in [0.15, 0.2) is 0 Å². The van der Waals surface area contributed by atoms with Gasteiger partial charge in [0.05, 0.1) is 5.70 Å². The molecule has 0 atom stereocenters. The average molecular weight is 214 g/mol. The Kier molecular flexibility index (Phi) is 4.18. The molecule has 0 fully saturated rings. The summed E-state index contributed by atoms with van der Waals surface area (Å²) in [5.74, 6) is 0. The Bertz CT molecular complexity index is 450. The highest BCUT2D eigenvalue weighted by Gasteiger charge is 2.02. The van der Waals surface area contributed by atoms with Crippen molar-refractivity contribution in [3.63, 3.8) is 0 Å². The lowest BCUT2D eigenvalue weighted by Crippen LogP contribution is -1.89. The lowest BCUT2D eigenvalue weighted by molar-refractivity contribution is 1.30. The highest BCUT2D eigenvalue weighted by molar-refractivity contribution is 6.15. The van der Waals surface area contributed by atoms with Crippen molar-refractivity contribution in [1.29, 1.82) is 5.41 Å². The van der Waals surface area contributed by atoms with Gasteiger partial charge in [0.25, 0.3) is 0 Å². The van der Waals surface area contributed by atoms with Crippen molar-refractivity contribution in [2.45, 2.75) is 27.7 Å². The zero-order valence-corrected chi connectivity index (χ0v) is 10.3. The van der Waals surface area contributed by atoms with Crippen LogP contribution in [-0.4, -0.2) is 12.4 Å². The lowest BCUT2D eigenvalue weighted by Gasteiger charge is -2.07. The molecule has 0 aromatic heterocycles. The van der Waals surface area contributed by atoms with Gasteiger partial charge in [0, 0.05) is 18.0 Å². The first-order valence-corrected chi connectivity index (χ1v) is 5.34. The SMILES string of the molecule is CC(C)=C(/N=C\C=N)c1ccc(C)c(C)c1. The molecule has 2 heteroatoms. The highest BCUT2D eigenvalue weighted by Crippen LogP contribution is 2.22. The van der Waals surface area contributed by atoms with Crippen LogP contribution in [0.25, 0.3) is 5.70 Å². The van der Waals surface area contributed by atoms with E-state index in [1.54, 1.807) is 0 Å². The summed E-state index contributed by atoms with van der Waals surface area (Å²) < 4.78 is 0. The second-order valence-corrected chi connectivity index (χ2v) is 4.09. The normalized spacial score (nSPS) is 10.5. The quantitative estimate of drug-likeness (QED) is 0.743. The molecule has 0 aliphatic heterocycles. The number of nitrogens with one attached hydrogen (secondary N) is 1. The van der Waals surface area contributed by atoms with Crippen LogP contribution < -0.4 is 0 Å². The molecule has 0 heterocycles. The maximum atomic E-state index is 6.98. The maximum absolute atomic E-state index is 6.98. The molecule has 0 spiro atoms. The fourth-order valence-electron chi connectivity index (χ4n) is 1.49. The summed E-state index contributed by atoms with van der Waals surface area (Å²) >= 11 is 0. The highest BCUT2D eigenvalue weighted by atomic mass is 14.7. The summed E-state index contributed by atoms with van der Waals surface area (Å²) in [7, 11) is 0. The minimum absolute atomic E-state index is 0.951. The topological polar surface area (TPSA) is 36.2 Å². The van der Waals surface area contributed by atoms with Crippen LogP contribution in [0.3, 0.4) is 0 Å². The molecule has 1 aromatic carbocycles. The van der Waals surface area contributed by atoms with Crippen molar-refractivity contribution in [2.24, 2.45) is 4.99 Å². The number of allylic oxidation sites excluding steroid dienone is 1. The number of hydrogen-bond acceptors (Lipinski definition) is 2. The Morgan fingerprint density at radius 2 is 1.88 bits per heavy atom. The minimum atomic E-state index is 0.951. The molecule has 1 rings (SSSR count). The van der Waals surface area contributed by atoms with Crippen LogP contribution in [-0.2, 0) is 0 Å². The third kappa shape index (κ3) is 2.89. The van der Waals surface area contributed by atoms with Gasteiger partial charge in [-0.05, 0) is 44.9 Å². The fraction of sp³-hybridized carbons (Fsp3) is 0.286. The summed E-state index contributed by atoms with van der Waals surface area (Å²) in [6.45, 7) is 8.27. The van der Waals surface area contributed by atoms with Gasteiger partial charge < -0.3 is 5.41 Å². The zero-order chi connectivity index (χ0) is 12.1. The summed E-state index contributed by atoms with van der Waals surface area (Å²) in [5, 5.41) is 6.98. The average Bonchev–Trinajstić information content (AvgIpc) is 2.23. The molecule has 0 aliphatic carbocycles. The first kappa shape index (κ1) is 12.4. The van der Waals surface area contributed by atoms with E-state index in [0.717, 1.165) is 16.8 Å². The molecule has 0 aliphatic rings. The molecule has 2 nitrogen and oxygen atoms in total. The minimum Gasteiger partial charge on any atom is -0.307 e. The predicted molar refractivity (Wildman–Crippen MR) is 71.5 cm³/mol. The second-order valence-electron chi connectivity index (χ2n) is 4.09. The Morgan fingerprint density at radius 3 is 2.38 bits per heavy atom. The van der Waals surface area contributed by atoms with Gasteiger partial charge in [-0.2, -0.15) is 0 Å². The summed E-state index contributed by atoms with van der Waals surface area (Å²) in [6.07, 6.45) is 2.71. The zero-order valence-electron chi connectivity index (χ0n) is 10.3. The van der Waals surface area contributed by atoms with E-state index in [-0.39, 0.29) is 0 Å². The molecule has 16 heavy (non-hydrogen) atoms. The Balaban J connectivity index is 3.23. The van der Waals surface area contributed by atoms with Crippen molar-refractivity contribution in [3.05, 3.63) is 40.5 Å². The number of benzene rings is 1. The first-order chi connectivity index (χ1) is 7.56. The van der Waals surface area contributed by atoms with Gasteiger partial charge in [0.2, 0.25) is 0 Å². The van der Waals surface area contributed by atoms with Gasteiger partial charge >= 0.3 is 0 Å². The fourth-order valence-corrected chi connectivity index (χ4v) is 1.49.